The third kappa shape index (κ3) is 5.09. The Labute approximate surface area is 95.1 Å². The fourth-order valence-corrected chi connectivity index (χ4v) is 3.98. The van der Waals surface area contributed by atoms with Crippen molar-refractivity contribution in [3.05, 3.63) is 0 Å². The summed E-state index contributed by atoms with van der Waals surface area (Å²) in [6, 6.07) is 0.206. The second kappa shape index (κ2) is 7.36. The average molecular weight is 233 g/mol. The van der Waals surface area contributed by atoms with Crippen molar-refractivity contribution in [2.45, 2.75) is 38.1 Å². The number of rotatable bonds is 7. The molecule has 1 saturated carbocycles. The van der Waals surface area contributed by atoms with Crippen molar-refractivity contribution >= 4 is 10.8 Å². The molecule has 0 heterocycles. The number of aliphatic hydroxyl groups is 1. The van der Waals surface area contributed by atoms with Crippen LogP contribution in [0.5, 0.6) is 0 Å². The van der Waals surface area contributed by atoms with Crippen LogP contribution in [-0.4, -0.2) is 40.5 Å². The molecular formula is C11H23NO2S. The van der Waals surface area contributed by atoms with E-state index in [4.69, 9.17) is 5.11 Å². The lowest BCUT2D eigenvalue weighted by molar-refractivity contribution is 0.272. The van der Waals surface area contributed by atoms with Gasteiger partial charge in [0.25, 0.3) is 0 Å². The van der Waals surface area contributed by atoms with E-state index in [9.17, 15) is 4.21 Å². The summed E-state index contributed by atoms with van der Waals surface area (Å²) >= 11 is 0. The molecule has 90 valence electrons. The summed E-state index contributed by atoms with van der Waals surface area (Å²) < 4.78 is 11.8. The third-order valence-electron chi connectivity index (χ3n) is 3.17. The quantitative estimate of drug-likeness (QED) is 0.687. The van der Waals surface area contributed by atoms with Gasteiger partial charge >= 0.3 is 0 Å². The molecule has 0 aromatic heterocycles. The Morgan fingerprint density at radius 2 is 2.13 bits per heavy atom. The maximum atomic E-state index is 11.8. The maximum Gasteiger partial charge on any atom is 0.0446 e. The van der Waals surface area contributed by atoms with Gasteiger partial charge in [-0.3, -0.25) is 4.21 Å². The average Bonchev–Trinajstić information content (AvgIpc) is 2.69. The fourth-order valence-electron chi connectivity index (χ4n) is 2.20. The third-order valence-corrected chi connectivity index (χ3v) is 4.79. The van der Waals surface area contributed by atoms with Crippen LogP contribution in [0.3, 0.4) is 0 Å². The number of aliphatic hydroxyl groups excluding tert-OH is 1. The molecule has 0 aliphatic heterocycles. The largest absolute Gasteiger partial charge is 0.396 e. The van der Waals surface area contributed by atoms with Crippen LogP contribution in [0.1, 0.15) is 32.1 Å². The Morgan fingerprint density at radius 1 is 1.47 bits per heavy atom. The zero-order valence-electron chi connectivity index (χ0n) is 9.58. The molecule has 1 rings (SSSR count). The highest BCUT2D eigenvalue weighted by atomic mass is 32.2. The molecule has 2 atom stereocenters. The number of hydrogen-bond acceptors (Lipinski definition) is 3. The zero-order chi connectivity index (χ0) is 11.1. The van der Waals surface area contributed by atoms with Crippen molar-refractivity contribution < 1.29 is 9.32 Å². The number of hydrogen-bond donors (Lipinski definition) is 2. The van der Waals surface area contributed by atoms with E-state index in [-0.39, 0.29) is 12.6 Å². The van der Waals surface area contributed by atoms with Gasteiger partial charge in [-0.25, -0.2) is 0 Å². The van der Waals surface area contributed by atoms with Gasteiger partial charge in [-0.05, 0) is 32.2 Å². The Bertz CT molecular complexity index is 193. The van der Waals surface area contributed by atoms with E-state index in [2.05, 4.69) is 5.32 Å². The Balaban J connectivity index is 2.20. The smallest absolute Gasteiger partial charge is 0.0446 e. The summed E-state index contributed by atoms with van der Waals surface area (Å²) in [5.41, 5.74) is 0. The van der Waals surface area contributed by atoms with Crippen LogP contribution in [0.25, 0.3) is 0 Å². The van der Waals surface area contributed by atoms with E-state index in [0.717, 1.165) is 5.75 Å². The van der Waals surface area contributed by atoms with Crippen molar-refractivity contribution in [2.75, 3.05) is 25.2 Å². The van der Waals surface area contributed by atoms with E-state index in [1.807, 2.05) is 7.05 Å². The second-order valence-electron chi connectivity index (χ2n) is 4.42. The summed E-state index contributed by atoms with van der Waals surface area (Å²) in [4.78, 5) is 0. The van der Waals surface area contributed by atoms with Gasteiger partial charge in [0.1, 0.15) is 0 Å². The summed E-state index contributed by atoms with van der Waals surface area (Å²) in [6.45, 7) is 0.173. The first kappa shape index (κ1) is 13.1. The molecule has 1 aliphatic rings. The normalized spacial score (nSPS) is 21.7. The molecule has 2 N–H and O–H groups in total. The molecule has 4 heteroatoms. The van der Waals surface area contributed by atoms with E-state index in [0.29, 0.717) is 18.1 Å². The standard InChI is InChI=1S/C11H23NO2S/c1-12-11(6-7-13)9-15(14)8-10-4-2-3-5-10/h10-13H,2-9H2,1H3. The molecular weight excluding hydrogens is 210 g/mol. The van der Waals surface area contributed by atoms with Gasteiger partial charge in [0.2, 0.25) is 0 Å². The topological polar surface area (TPSA) is 49.3 Å². The molecule has 0 radical (unpaired) electrons. The van der Waals surface area contributed by atoms with E-state index < -0.39 is 10.8 Å². The van der Waals surface area contributed by atoms with Gasteiger partial charge in [0.15, 0.2) is 0 Å². The van der Waals surface area contributed by atoms with Crippen LogP contribution in [0, 0.1) is 5.92 Å². The highest BCUT2D eigenvalue weighted by Gasteiger charge is 2.19. The summed E-state index contributed by atoms with van der Waals surface area (Å²) in [5, 5.41) is 11.9. The van der Waals surface area contributed by atoms with Gasteiger partial charge in [-0.1, -0.05) is 12.8 Å². The molecule has 0 bridgehead atoms. The van der Waals surface area contributed by atoms with Gasteiger partial charge in [0, 0.05) is 35.0 Å². The molecule has 0 aromatic carbocycles. The van der Waals surface area contributed by atoms with Crippen molar-refractivity contribution in [3.8, 4) is 0 Å². The van der Waals surface area contributed by atoms with Crippen LogP contribution in [0.2, 0.25) is 0 Å². The predicted octanol–water partition coefficient (Wildman–Crippen LogP) is 0.896. The summed E-state index contributed by atoms with van der Waals surface area (Å²) in [5.74, 6) is 2.24. The van der Waals surface area contributed by atoms with Gasteiger partial charge in [-0.2, -0.15) is 0 Å². The van der Waals surface area contributed by atoms with Crippen LogP contribution in [-0.2, 0) is 10.8 Å². The minimum atomic E-state index is -0.715. The molecule has 15 heavy (non-hydrogen) atoms. The van der Waals surface area contributed by atoms with Crippen molar-refractivity contribution in [2.24, 2.45) is 5.92 Å². The lowest BCUT2D eigenvalue weighted by atomic mass is 10.1. The SMILES string of the molecule is CNC(CCO)CS(=O)CC1CCCC1. The zero-order valence-corrected chi connectivity index (χ0v) is 10.4. The molecule has 0 amide bonds. The molecule has 0 saturated heterocycles. The first-order chi connectivity index (χ1) is 7.26. The van der Waals surface area contributed by atoms with Crippen molar-refractivity contribution in [3.63, 3.8) is 0 Å². The maximum absolute atomic E-state index is 11.8. The minimum absolute atomic E-state index is 0.173. The minimum Gasteiger partial charge on any atom is -0.396 e. The van der Waals surface area contributed by atoms with Crippen molar-refractivity contribution in [1.82, 2.24) is 5.32 Å². The van der Waals surface area contributed by atoms with E-state index in [1.54, 1.807) is 0 Å². The highest BCUT2D eigenvalue weighted by molar-refractivity contribution is 7.85. The molecule has 0 aromatic rings. The molecule has 2 unspecified atom stereocenters. The Kier molecular flexibility index (Phi) is 6.45. The van der Waals surface area contributed by atoms with Crippen LogP contribution < -0.4 is 5.32 Å². The van der Waals surface area contributed by atoms with Gasteiger partial charge < -0.3 is 10.4 Å². The Hall–Kier alpha value is 0.0700. The Morgan fingerprint density at radius 3 is 2.67 bits per heavy atom. The van der Waals surface area contributed by atoms with Crippen LogP contribution >= 0.6 is 0 Å². The van der Waals surface area contributed by atoms with Gasteiger partial charge in [-0.15, -0.1) is 0 Å². The first-order valence-corrected chi connectivity index (χ1v) is 7.38. The van der Waals surface area contributed by atoms with Gasteiger partial charge in [0.05, 0.1) is 0 Å². The van der Waals surface area contributed by atoms with E-state index >= 15 is 0 Å². The fraction of sp³-hybridized carbons (Fsp3) is 1.00. The monoisotopic (exact) mass is 233 g/mol. The first-order valence-electron chi connectivity index (χ1n) is 5.89. The van der Waals surface area contributed by atoms with Crippen molar-refractivity contribution in [1.29, 1.82) is 0 Å². The van der Waals surface area contributed by atoms with Crippen LogP contribution in [0.15, 0.2) is 0 Å². The molecule has 0 spiro atoms. The molecule has 1 fully saturated rings. The molecule has 3 nitrogen and oxygen atoms in total. The van der Waals surface area contributed by atoms with Crippen LogP contribution in [0.4, 0.5) is 0 Å². The lowest BCUT2D eigenvalue weighted by Gasteiger charge is -2.15. The second-order valence-corrected chi connectivity index (χ2v) is 5.97. The lowest BCUT2D eigenvalue weighted by Crippen LogP contribution is -2.33. The van der Waals surface area contributed by atoms with E-state index in [1.165, 1.54) is 25.7 Å². The summed E-state index contributed by atoms with van der Waals surface area (Å²) in [7, 11) is 1.15. The predicted molar refractivity (Wildman–Crippen MR) is 64.4 cm³/mol. The highest BCUT2D eigenvalue weighted by Crippen LogP contribution is 2.25. The summed E-state index contributed by atoms with van der Waals surface area (Å²) in [6.07, 6.45) is 5.85. The number of nitrogens with one attached hydrogen (secondary N) is 1. The molecule has 1 aliphatic carbocycles.